The molecular weight excluding hydrogens is 214 g/mol. The Bertz CT molecular complexity index is 390. The quantitative estimate of drug-likeness (QED) is 0.750. The lowest BCUT2D eigenvalue weighted by Crippen LogP contribution is -2.46. The van der Waals surface area contributed by atoms with Crippen molar-refractivity contribution in [2.24, 2.45) is 0 Å². The molecule has 0 bridgehead atoms. The van der Waals surface area contributed by atoms with Gasteiger partial charge in [0.2, 0.25) is 0 Å². The number of hydrogen-bond acceptors (Lipinski definition) is 3. The molecule has 1 unspecified atom stereocenters. The summed E-state index contributed by atoms with van der Waals surface area (Å²) < 4.78 is 5.40. The topological polar surface area (TPSA) is 29.5 Å². The largest absolute Gasteiger partial charge is 0.459 e. The maximum absolute atomic E-state index is 12.1. The van der Waals surface area contributed by atoms with E-state index in [1.165, 1.54) is 0 Å². The van der Waals surface area contributed by atoms with Crippen LogP contribution in [0.15, 0.2) is 30.3 Å². The van der Waals surface area contributed by atoms with E-state index in [2.05, 4.69) is 4.90 Å². The number of likely N-dealkylation sites (tertiary alicyclic amines) is 1. The van der Waals surface area contributed by atoms with Crippen LogP contribution in [0.4, 0.5) is 0 Å². The number of carbonyl (C=O) groups excluding carboxylic acids is 1. The summed E-state index contributed by atoms with van der Waals surface area (Å²) in [5, 5.41) is 0. The molecule has 1 aliphatic heterocycles. The van der Waals surface area contributed by atoms with E-state index < -0.39 is 5.54 Å². The maximum Gasteiger partial charge on any atom is 0.326 e. The SMILES string of the molecule is CN1CCCC1(C)C(=O)OCc1ccccc1. The Morgan fingerprint density at radius 1 is 1.41 bits per heavy atom. The molecule has 1 aromatic carbocycles. The van der Waals surface area contributed by atoms with Gasteiger partial charge in [0.25, 0.3) is 0 Å². The van der Waals surface area contributed by atoms with Crippen LogP contribution in [-0.2, 0) is 16.1 Å². The minimum Gasteiger partial charge on any atom is -0.459 e. The summed E-state index contributed by atoms with van der Waals surface area (Å²) in [5.74, 6) is -0.110. The number of nitrogens with zero attached hydrogens (tertiary/aromatic N) is 1. The monoisotopic (exact) mass is 233 g/mol. The third-order valence-corrected chi connectivity index (χ3v) is 3.65. The van der Waals surface area contributed by atoms with Crippen molar-refractivity contribution in [1.82, 2.24) is 4.90 Å². The van der Waals surface area contributed by atoms with Gasteiger partial charge < -0.3 is 4.74 Å². The highest BCUT2D eigenvalue weighted by Crippen LogP contribution is 2.28. The molecule has 1 atom stereocenters. The molecular formula is C14H19NO2. The van der Waals surface area contributed by atoms with Gasteiger partial charge in [0.05, 0.1) is 0 Å². The van der Waals surface area contributed by atoms with Crippen LogP contribution in [0.25, 0.3) is 0 Å². The van der Waals surface area contributed by atoms with Crippen LogP contribution in [0.1, 0.15) is 25.3 Å². The molecule has 1 saturated heterocycles. The number of rotatable bonds is 3. The smallest absolute Gasteiger partial charge is 0.326 e. The van der Waals surface area contributed by atoms with Gasteiger partial charge in [-0.25, -0.2) is 0 Å². The highest BCUT2D eigenvalue weighted by molar-refractivity contribution is 5.80. The Morgan fingerprint density at radius 2 is 2.12 bits per heavy atom. The molecule has 0 N–H and O–H groups in total. The summed E-state index contributed by atoms with van der Waals surface area (Å²) in [7, 11) is 1.98. The van der Waals surface area contributed by atoms with Crippen LogP contribution in [-0.4, -0.2) is 30.0 Å². The van der Waals surface area contributed by atoms with Crippen molar-refractivity contribution in [3.8, 4) is 0 Å². The molecule has 1 aromatic rings. The summed E-state index contributed by atoms with van der Waals surface area (Å²) in [4.78, 5) is 14.2. The van der Waals surface area contributed by atoms with E-state index in [0.29, 0.717) is 6.61 Å². The van der Waals surface area contributed by atoms with E-state index >= 15 is 0 Å². The van der Waals surface area contributed by atoms with Gasteiger partial charge in [0.15, 0.2) is 0 Å². The first-order valence-corrected chi connectivity index (χ1v) is 6.05. The van der Waals surface area contributed by atoms with Crippen molar-refractivity contribution in [3.05, 3.63) is 35.9 Å². The molecule has 0 spiro atoms. The first-order valence-electron chi connectivity index (χ1n) is 6.05. The van der Waals surface area contributed by atoms with Gasteiger partial charge in [0.1, 0.15) is 12.1 Å². The fourth-order valence-electron chi connectivity index (χ4n) is 2.23. The van der Waals surface area contributed by atoms with Gasteiger partial charge in [-0.1, -0.05) is 30.3 Å². The lowest BCUT2D eigenvalue weighted by Gasteiger charge is -2.29. The maximum atomic E-state index is 12.1. The minimum absolute atomic E-state index is 0.110. The van der Waals surface area contributed by atoms with Gasteiger partial charge >= 0.3 is 5.97 Å². The molecule has 3 heteroatoms. The molecule has 0 saturated carbocycles. The Morgan fingerprint density at radius 3 is 2.71 bits per heavy atom. The number of carbonyl (C=O) groups is 1. The van der Waals surface area contributed by atoms with E-state index in [1.54, 1.807) is 0 Å². The predicted molar refractivity (Wildman–Crippen MR) is 66.5 cm³/mol. The Hall–Kier alpha value is -1.35. The Labute approximate surface area is 102 Å². The minimum atomic E-state index is -0.436. The molecule has 0 aliphatic carbocycles. The second-order valence-corrected chi connectivity index (χ2v) is 4.86. The second-order valence-electron chi connectivity index (χ2n) is 4.86. The summed E-state index contributed by atoms with van der Waals surface area (Å²) in [6.45, 7) is 3.30. The average Bonchev–Trinajstić information content (AvgIpc) is 2.69. The molecule has 3 nitrogen and oxygen atoms in total. The lowest BCUT2D eigenvalue weighted by molar-refractivity contribution is -0.156. The van der Waals surface area contributed by atoms with E-state index in [4.69, 9.17) is 4.74 Å². The molecule has 1 fully saturated rings. The molecule has 0 amide bonds. The normalized spacial score (nSPS) is 24.8. The molecule has 2 rings (SSSR count). The Kier molecular flexibility index (Phi) is 3.48. The van der Waals surface area contributed by atoms with E-state index in [0.717, 1.165) is 24.9 Å². The van der Waals surface area contributed by atoms with Gasteiger partial charge in [-0.15, -0.1) is 0 Å². The zero-order valence-electron chi connectivity index (χ0n) is 10.5. The zero-order chi connectivity index (χ0) is 12.3. The third kappa shape index (κ3) is 2.50. The van der Waals surface area contributed by atoms with Gasteiger partial charge in [-0.2, -0.15) is 0 Å². The van der Waals surface area contributed by atoms with Crippen molar-refractivity contribution in [3.63, 3.8) is 0 Å². The molecule has 1 heterocycles. The average molecular weight is 233 g/mol. The molecule has 92 valence electrons. The van der Waals surface area contributed by atoms with Crippen LogP contribution >= 0.6 is 0 Å². The third-order valence-electron chi connectivity index (χ3n) is 3.65. The summed E-state index contributed by atoms with van der Waals surface area (Å²) in [6.07, 6.45) is 1.95. The standard InChI is InChI=1S/C14H19NO2/c1-14(9-6-10-15(14)2)13(16)17-11-12-7-4-3-5-8-12/h3-5,7-8H,6,9-11H2,1-2H3. The number of benzene rings is 1. The van der Waals surface area contributed by atoms with Crippen LogP contribution in [0, 0.1) is 0 Å². The van der Waals surface area contributed by atoms with Crippen molar-refractivity contribution < 1.29 is 9.53 Å². The fraction of sp³-hybridized carbons (Fsp3) is 0.500. The van der Waals surface area contributed by atoms with Crippen molar-refractivity contribution >= 4 is 5.97 Å². The first-order chi connectivity index (χ1) is 8.13. The van der Waals surface area contributed by atoms with Crippen LogP contribution in [0.3, 0.4) is 0 Å². The summed E-state index contributed by atoms with van der Waals surface area (Å²) >= 11 is 0. The molecule has 17 heavy (non-hydrogen) atoms. The van der Waals surface area contributed by atoms with Gasteiger partial charge in [0, 0.05) is 0 Å². The first kappa shape index (κ1) is 12.1. The zero-order valence-corrected chi connectivity index (χ0v) is 10.5. The number of esters is 1. The Balaban J connectivity index is 1.94. The lowest BCUT2D eigenvalue weighted by atomic mass is 10.00. The summed E-state index contributed by atoms with van der Waals surface area (Å²) in [5.41, 5.74) is 0.597. The highest BCUT2D eigenvalue weighted by atomic mass is 16.5. The molecule has 0 radical (unpaired) electrons. The summed E-state index contributed by atoms with van der Waals surface area (Å²) in [6, 6.07) is 9.79. The van der Waals surface area contributed by atoms with Crippen molar-refractivity contribution in [2.45, 2.75) is 31.9 Å². The van der Waals surface area contributed by atoms with Gasteiger partial charge in [-0.05, 0) is 38.9 Å². The van der Waals surface area contributed by atoms with Crippen LogP contribution in [0.5, 0.6) is 0 Å². The highest BCUT2D eigenvalue weighted by Gasteiger charge is 2.42. The fourth-order valence-corrected chi connectivity index (χ4v) is 2.23. The van der Waals surface area contributed by atoms with Crippen LogP contribution < -0.4 is 0 Å². The molecule has 0 aromatic heterocycles. The molecule has 1 aliphatic rings. The number of ether oxygens (including phenoxy) is 1. The number of hydrogen-bond donors (Lipinski definition) is 0. The van der Waals surface area contributed by atoms with E-state index in [-0.39, 0.29) is 5.97 Å². The van der Waals surface area contributed by atoms with E-state index in [9.17, 15) is 4.79 Å². The number of likely N-dealkylation sites (N-methyl/N-ethyl adjacent to an activating group) is 1. The van der Waals surface area contributed by atoms with E-state index in [1.807, 2.05) is 44.3 Å². The van der Waals surface area contributed by atoms with Crippen LogP contribution in [0.2, 0.25) is 0 Å². The predicted octanol–water partition coefficient (Wildman–Crippen LogP) is 2.21. The van der Waals surface area contributed by atoms with Crippen molar-refractivity contribution in [1.29, 1.82) is 0 Å². The van der Waals surface area contributed by atoms with Gasteiger partial charge in [-0.3, -0.25) is 9.69 Å². The van der Waals surface area contributed by atoms with Crippen molar-refractivity contribution in [2.75, 3.05) is 13.6 Å². The second kappa shape index (κ2) is 4.88.